The van der Waals surface area contributed by atoms with Crippen LogP contribution in [0.15, 0.2) is 81.1 Å². The van der Waals surface area contributed by atoms with Gasteiger partial charge in [-0.25, -0.2) is 0 Å². The van der Waals surface area contributed by atoms with Crippen molar-refractivity contribution in [1.29, 1.82) is 0 Å². The molecular formula is C24H26N6O6. The number of nitrogens with zero attached hydrogens (tertiary/aromatic N) is 6. The van der Waals surface area contributed by atoms with Crippen LogP contribution in [-0.2, 0) is 0 Å². The lowest BCUT2D eigenvalue weighted by atomic mass is 10.2. The van der Waals surface area contributed by atoms with Gasteiger partial charge in [0.1, 0.15) is 22.9 Å². The number of anilines is 1. The molecule has 0 bridgehead atoms. The van der Waals surface area contributed by atoms with E-state index >= 15 is 0 Å². The van der Waals surface area contributed by atoms with E-state index in [1.165, 1.54) is 38.5 Å². The molecule has 1 unspecified atom stereocenters. The second-order valence-electron chi connectivity index (χ2n) is 7.60. The standard InChI is InChI=1S/C24H26N6O6/c1-29(14-20(32)15-31)18-8-4-16(5-9-18)25-27-21-12-24(36-3)22(13-23(21)35-2)28-26-17-6-10-19(11-7-17)30(33)34/h4-13,20,31-32H,14-15H2,1-3H3. The Morgan fingerprint density at radius 2 is 1.36 bits per heavy atom. The van der Waals surface area contributed by atoms with E-state index in [9.17, 15) is 15.2 Å². The van der Waals surface area contributed by atoms with Gasteiger partial charge in [-0.05, 0) is 36.4 Å². The van der Waals surface area contributed by atoms with E-state index in [1.54, 1.807) is 24.3 Å². The first-order valence-electron chi connectivity index (χ1n) is 10.8. The fourth-order valence-electron chi connectivity index (χ4n) is 3.14. The number of non-ortho nitro benzene ring substituents is 1. The van der Waals surface area contributed by atoms with Crippen molar-refractivity contribution in [3.05, 3.63) is 70.8 Å². The minimum atomic E-state index is -0.826. The smallest absolute Gasteiger partial charge is 0.269 e. The fourth-order valence-corrected chi connectivity index (χ4v) is 3.14. The molecule has 0 aliphatic carbocycles. The van der Waals surface area contributed by atoms with Crippen LogP contribution in [0.2, 0.25) is 0 Å². The van der Waals surface area contributed by atoms with Crippen LogP contribution in [0.1, 0.15) is 0 Å². The molecule has 0 aromatic heterocycles. The minimum absolute atomic E-state index is 0.0370. The summed E-state index contributed by atoms with van der Waals surface area (Å²) in [5.41, 5.74) is 2.64. The number of nitro benzene ring substituents is 1. The first-order chi connectivity index (χ1) is 17.3. The highest BCUT2D eigenvalue weighted by Gasteiger charge is 2.12. The lowest BCUT2D eigenvalue weighted by Crippen LogP contribution is -2.31. The number of ether oxygens (including phenoxy) is 2. The maximum atomic E-state index is 10.8. The molecule has 2 N–H and O–H groups in total. The molecule has 0 saturated carbocycles. The number of likely N-dealkylation sites (N-methyl/N-ethyl adjacent to an activating group) is 1. The third-order valence-electron chi connectivity index (χ3n) is 5.07. The largest absolute Gasteiger partial charge is 0.494 e. The Kier molecular flexibility index (Phi) is 8.97. The zero-order valence-electron chi connectivity index (χ0n) is 20.0. The maximum Gasteiger partial charge on any atom is 0.269 e. The zero-order valence-corrected chi connectivity index (χ0v) is 20.0. The summed E-state index contributed by atoms with van der Waals surface area (Å²) in [6, 6.07) is 16.1. The summed E-state index contributed by atoms with van der Waals surface area (Å²) in [6.07, 6.45) is -0.826. The molecule has 12 nitrogen and oxygen atoms in total. The van der Waals surface area contributed by atoms with Crippen LogP contribution >= 0.6 is 0 Å². The number of rotatable bonds is 11. The van der Waals surface area contributed by atoms with Crippen molar-refractivity contribution >= 4 is 34.1 Å². The number of aliphatic hydroxyl groups is 2. The highest BCUT2D eigenvalue weighted by molar-refractivity contribution is 5.66. The number of benzene rings is 3. The second kappa shape index (κ2) is 12.3. The van der Waals surface area contributed by atoms with E-state index in [2.05, 4.69) is 20.5 Å². The molecular weight excluding hydrogens is 468 g/mol. The van der Waals surface area contributed by atoms with Crippen LogP contribution in [-0.4, -0.2) is 55.7 Å². The monoisotopic (exact) mass is 494 g/mol. The summed E-state index contributed by atoms with van der Waals surface area (Å²) in [6.45, 7) is -0.0125. The van der Waals surface area contributed by atoms with Crippen LogP contribution in [0.4, 0.5) is 34.1 Å². The van der Waals surface area contributed by atoms with Crippen LogP contribution in [0, 0.1) is 10.1 Å². The quantitative estimate of drug-likeness (QED) is 0.210. The van der Waals surface area contributed by atoms with Crippen molar-refractivity contribution in [2.75, 3.05) is 39.3 Å². The topological polar surface area (TPSA) is 155 Å². The molecule has 0 saturated heterocycles. The summed E-state index contributed by atoms with van der Waals surface area (Å²) < 4.78 is 10.8. The Balaban J connectivity index is 1.79. The predicted molar refractivity (Wildman–Crippen MR) is 134 cm³/mol. The summed E-state index contributed by atoms with van der Waals surface area (Å²) in [4.78, 5) is 12.1. The number of hydrogen-bond donors (Lipinski definition) is 2. The lowest BCUT2D eigenvalue weighted by Gasteiger charge is -2.21. The predicted octanol–water partition coefficient (Wildman–Crippen LogP) is 5.23. The number of nitro groups is 1. The lowest BCUT2D eigenvalue weighted by molar-refractivity contribution is -0.384. The fraction of sp³-hybridized carbons (Fsp3) is 0.250. The molecule has 3 aromatic rings. The molecule has 36 heavy (non-hydrogen) atoms. The molecule has 12 heteroatoms. The molecule has 1 atom stereocenters. The molecule has 0 aliphatic heterocycles. The van der Waals surface area contributed by atoms with E-state index in [0.717, 1.165) is 5.69 Å². The van der Waals surface area contributed by atoms with E-state index in [4.69, 9.17) is 14.6 Å². The van der Waals surface area contributed by atoms with Gasteiger partial charge in [-0.15, -0.1) is 10.2 Å². The van der Waals surface area contributed by atoms with Gasteiger partial charge in [-0.1, -0.05) is 0 Å². The average Bonchev–Trinajstić information content (AvgIpc) is 2.90. The van der Waals surface area contributed by atoms with Gasteiger partial charge in [-0.2, -0.15) is 10.2 Å². The van der Waals surface area contributed by atoms with E-state index in [-0.39, 0.29) is 12.3 Å². The molecule has 0 radical (unpaired) electrons. The highest BCUT2D eigenvalue weighted by atomic mass is 16.6. The summed E-state index contributed by atoms with van der Waals surface area (Å²) in [5.74, 6) is 0.779. The number of aliphatic hydroxyl groups excluding tert-OH is 2. The zero-order chi connectivity index (χ0) is 26.1. The average molecular weight is 495 g/mol. The van der Waals surface area contributed by atoms with Crippen LogP contribution < -0.4 is 14.4 Å². The third kappa shape index (κ3) is 6.81. The van der Waals surface area contributed by atoms with Crippen molar-refractivity contribution in [3.8, 4) is 11.5 Å². The second-order valence-corrected chi connectivity index (χ2v) is 7.60. The maximum absolute atomic E-state index is 10.8. The number of hydrogen-bond acceptors (Lipinski definition) is 11. The number of azo groups is 2. The Labute approximate surface area is 207 Å². The first kappa shape index (κ1) is 26.2. The van der Waals surface area contributed by atoms with Gasteiger partial charge in [0, 0.05) is 43.5 Å². The van der Waals surface area contributed by atoms with Gasteiger partial charge in [0.25, 0.3) is 5.69 Å². The Morgan fingerprint density at radius 3 is 1.78 bits per heavy atom. The molecule has 0 spiro atoms. The van der Waals surface area contributed by atoms with Crippen molar-refractivity contribution in [2.45, 2.75) is 6.10 Å². The normalized spacial score (nSPS) is 12.1. The van der Waals surface area contributed by atoms with Gasteiger partial charge in [0.2, 0.25) is 0 Å². The van der Waals surface area contributed by atoms with Crippen LogP contribution in [0.5, 0.6) is 11.5 Å². The summed E-state index contributed by atoms with van der Waals surface area (Å²) in [7, 11) is 4.78. The van der Waals surface area contributed by atoms with Gasteiger partial charge >= 0.3 is 0 Å². The van der Waals surface area contributed by atoms with Gasteiger partial charge in [-0.3, -0.25) is 10.1 Å². The van der Waals surface area contributed by atoms with Crippen LogP contribution in [0.25, 0.3) is 0 Å². The van der Waals surface area contributed by atoms with Gasteiger partial charge in [0.15, 0.2) is 0 Å². The van der Waals surface area contributed by atoms with Gasteiger partial charge < -0.3 is 24.6 Å². The highest BCUT2D eigenvalue weighted by Crippen LogP contribution is 2.41. The SMILES string of the molecule is COc1cc(N=Nc2ccc([N+](=O)[O-])cc2)c(OC)cc1N=Nc1ccc(N(C)CC(O)CO)cc1. The Morgan fingerprint density at radius 1 is 0.889 bits per heavy atom. The van der Waals surface area contributed by atoms with E-state index in [1.807, 2.05) is 24.1 Å². The molecule has 3 aromatic carbocycles. The molecule has 0 amide bonds. The first-order valence-corrected chi connectivity index (χ1v) is 10.8. The third-order valence-corrected chi connectivity index (χ3v) is 5.07. The van der Waals surface area contributed by atoms with E-state index in [0.29, 0.717) is 40.8 Å². The summed E-state index contributed by atoms with van der Waals surface area (Å²) >= 11 is 0. The molecule has 0 fully saturated rings. The van der Waals surface area contributed by atoms with E-state index < -0.39 is 11.0 Å². The van der Waals surface area contributed by atoms with Crippen molar-refractivity contribution in [3.63, 3.8) is 0 Å². The minimum Gasteiger partial charge on any atom is -0.494 e. The van der Waals surface area contributed by atoms with Crippen molar-refractivity contribution < 1.29 is 24.6 Å². The Bertz CT molecular complexity index is 1230. The molecule has 0 aliphatic rings. The molecule has 188 valence electrons. The van der Waals surface area contributed by atoms with Crippen molar-refractivity contribution in [1.82, 2.24) is 0 Å². The molecule has 3 rings (SSSR count). The Hall–Kier alpha value is -4.42. The van der Waals surface area contributed by atoms with Crippen LogP contribution in [0.3, 0.4) is 0 Å². The molecule has 0 heterocycles. The van der Waals surface area contributed by atoms with Gasteiger partial charge in [0.05, 0.1) is 43.2 Å². The van der Waals surface area contributed by atoms with Crippen molar-refractivity contribution in [2.24, 2.45) is 20.5 Å². The summed E-state index contributed by atoms with van der Waals surface area (Å²) in [5, 5.41) is 46.2. The number of methoxy groups -OCH3 is 2.